The van der Waals surface area contributed by atoms with E-state index in [0.29, 0.717) is 11.7 Å². The number of rotatable bonds is 1. The molecule has 1 aliphatic rings. The highest BCUT2D eigenvalue weighted by Gasteiger charge is 2.17. The van der Waals surface area contributed by atoms with Crippen LogP contribution in [0.2, 0.25) is 0 Å². The van der Waals surface area contributed by atoms with Gasteiger partial charge in [0.1, 0.15) is 5.82 Å². The molecule has 64 valence electrons. The predicted molar refractivity (Wildman–Crippen MR) is 53.3 cm³/mol. The van der Waals surface area contributed by atoms with Gasteiger partial charge in [-0.15, -0.1) is 0 Å². The van der Waals surface area contributed by atoms with E-state index in [4.69, 9.17) is 5.73 Å². The van der Waals surface area contributed by atoms with E-state index in [0.717, 1.165) is 0 Å². The molecule has 0 saturated carbocycles. The van der Waals surface area contributed by atoms with Crippen molar-refractivity contribution in [2.75, 3.05) is 17.2 Å². The normalized spacial score (nSPS) is 22.8. The lowest BCUT2D eigenvalue weighted by molar-refractivity contribution is 0.778. The molecule has 1 saturated heterocycles. The van der Waals surface area contributed by atoms with Crippen molar-refractivity contribution in [1.29, 1.82) is 0 Å². The van der Waals surface area contributed by atoms with E-state index in [1.54, 1.807) is 0 Å². The highest BCUT2D eigenvalue weighted by Crippen LogP contribution is 2.31. The van der Waals surface area contributed by atoms with Gasteiger partial charge in [0.25, 0.3) is 0 Å². The van der Waals surface area contributed by atoms with E-state index in [1.165, 1.54) is 23.5 Å². The second kappa shape index (κ2) is 3.35. The minimum Gasteiger partial charge on any atom is -0.384 e. The Hall–Kier alpha value is -0.700. The van der Waals surface area contributed by atoms with Crippen LogP contribution in [0.15, 0.2) is 18.3 Å². The van der Waals surface area contributed by atoms with Crippen molar-refractivity contribution < 1.29 is 0 Å². The van der Waals surface area contributed by atoms with Crippen LogP contribution in [0.4, 0.5) is 5.82 Å². The van der Waals surface area contributed by atoms with Crippen LogP contribution in [0.5, 0.6) is 0 Å². The second-order valence-corrected chi connectivity index (χ2v) is 4.23. The van der Waals surface area contributed by atoms with Gasteiger partial charge in [0.2, 0.25) is 0 Å². The summed E-state index contributed by atoms with van der Waals surface area (Å²) in [5.74, 6) is 3.85. The van der Waals surface area contributed by atoms with Crippen molar-refractivity contribution >= 4 is 17.6 Å². The Balaban J connectivity index is 2.17. The zero-order valence-corrected chi connectivity index (χ0v) is 7.68. The number of nitrogens with zero attached hydrogens (tertiary/aromatic N) is 1. The number of hydrogen-bond acceptors (Lipinski definition) is 3. The molecule has 2 heterocycles. The van der Waals surface area contributed by atoms with Crippen LogP contribution < -0.4 is 5.73 Å². The number of nitrogen functional groups attached to an aromatic ring is 1. The third-order valence-electron chi connectivity index (χ3n) is 2.21. The van der Waals surface area contributed by atoms with Gasteiger partial charge in [0.05, 0.1) is 0 Å². The van der Waals surface area contributed by atoms with Crippen molar-refractivity contribution in [3.8, 4) is 0 Å². The maximum Gasteiger partial charge on any atom is 0.123 e. The molecule has 1 aliphatic heterocycles. The molecule has 1 aromatic heterocycles. The van der Waals surface area contributed by atoms with Crippen LogP contribution in [0.3, 0.4) is 0 Å². The third-order valence-corrected chi connectivity index (χ3v) is 3.37. The van der Waals surface area contributed by atoms with Crippen LogP contribution in [-0.4, -0.2) is 16.5 Å². The largest absolute Gasteiger partial charge is 0.384 e. The summed E-state index contributed by atoms with van der Waals surface area (Å²) in [5.41, 5.74) is 6.85. The molecular formula is C9H12N2S. The molecule has 2 N–H and O–H groups in total. The fraction of sp³-hybridized carbons (Fsp3) is 0.444. The summed E-state index contributed by atoms with van der Waals surface area (Å²) in [5, 5.41) is 0. The zero-order valence-electron chi connectivity index (χ0n) is 6.86. The van der Waals surface area contributed by atoms with Crippen molar-refractivity contribution in [1.82, 2.24) is 4.98 Å². The highest BCUT2D eigenvalue weighted by atomic mass is 32.2. The number of aromatic nitrogens is 1. The first kappa shape index (κ1) is 7.92. The van der Waals surface area contributed by atoms with Gasteiger partial charge in [-0.05, 0) is 29.7 Å². The van der Waals surface area contributed by atoms with Crippen LogP contribution in [0.25, 0.3) is 0 Å². The summed E-state index contributed by atoms with van der Waals surface area (Å²) >= 11 is 2.02. The Morgan fingerprint density at radius 1 is 1.50 bits per heavy atom. The minimum absolute atomic E-state index is 0.615. The number of nitrogens with two attached hydrogens (primary N) is 1. The molecule has 0 radical (unpaired) electrons. The average molecular weight is 180 g/mol. The molecule has 0 spiro atoms. The van der Waals surface area contributed by atoms with Gasteiger partial charge >= 0.3 is 0 Å². The maximum atomic E-state index is 5.51. The fourth-order valence-electron chi connectivity index (χ4n) is 1.46. The number of pyridine rings is 1. The van der Waals surface area contributed by atoms with Gasteiger partial charge in [0, 0.05) is 11.9 Å². The molecule has 2 nitrogen and oxygen atoms in total. The lowest BCUT2D eigenvalue weighted by atomic mass is 10.0. The number of thioether (sulfide) groups is 1. The van der Waals surface area contributed by atoms with Crippen molar-refractivity contribution in [3.05, 3.63) is 23.9 Å². The van der Waals surface area contributed by atoms with Crippen LogP contribution in [0, 0.1) is 0 Å². The molecule has 12 heavy (non-hydrogen) atoms. The summed E-state index contributed by atoms with van der Waals surface area (Å²) < 4.78 is 0. The van der Waals surface area contributed by atoms with Crippen LogP contribution in [-0.2, 0) is 0 Å². The summed E-state index contributed by atoms with van der Waals surface area (Å²) in [6.07, 6.45) is 3.20. The van der Waals surface area contributed by atoms with E-state index in [9.17, 15) is 0 Å². The summed E-state index contributed by atoms with van der Waals surface area (Å²) in [6.45, 7) is 0. The second-order valence-electron chi connectivity index (χ2n) is 3.08. The maximum absolute atomic E-state index is 5.51. The van der Waals surface area contributed by atoms with Gasteiger partial charge in [-0.25, -0.2) is 4.98 Å². The molecule has 0 bridgehead atoms. The van der Waals surface area contributed by atoms with Crippen molar-refractivity contribution in [3.63, 3.8) is 0 Å². The number of anilines is 1. The topological polar surface area (TPSA) is 38.9 Å². The standard InChI is InChI=1S/C9H12N2S/c10-9-2-1-7(5-11-9)8-3-4-12-6-8/h1-2,5,8H,3-4,6H2,(H2,10,11)/t8-/m0/s1. The van der Waals surface area contributed by atoms with E-state index in [2.05, 4.69) is 11.1 Å². The van der Waals surface area contributed by atoms with Gasteiger partial charge in [-0.1, -0.05) is 6.07 Å². The predicted octanol–water partition coefficient (Wildman–Crippen LogP) is 1.88. The Kier molecular flexibility index (Phi) is 2.21. The van der Waals surface area contributed by atoms with E-state index in [1.807, 2.05) is 24.0 Å². The third kappa shape index (κ3) is 1.55. The average Bonchev–Trinajstić information content (AvgIpc) is 2.58. The number of hydrogen-bond donors (Lipinski definition) is 1. The molecule has 0 unspecified atom stereocenters. The molecule has 1 fully saturated rings. The molecule has 0 aliphatic carbocycles. The van der Waals surface area contributed by atoms with Crippen molar-refractivity contribution in [2.45, 2.75) is 12.3 Å². The zero-order chi connectivity index (χ0) is 8.39. The first-order valence-electron chi connectivity index (χ1n) is 4.15. The lowest BCUT2D eigenvalue weighted by Gasteiger charge is -2.07. The molecule has 2 rings (SSSR count). The van der Waals surface area contributed by atoms with Crippen LogP contribution >= 0.6 is 11.8 Å². The van der Waals surface area contributed by atoms with E-state index >= 15 is 0 Å². The van der Waals surface area contributed by atoms with Gasteiger partial charge in [-0.2, -0.15) is 11.8 Å². The van der Waals surface area contributed by atoms with E-state index < -0.39 is 0 Å². The lowest BCUT2D eigenvalue weighted by Crippen LogP contribution is -1.98. The SMILES string of the molecule is Nc1ccc([C@H]2CCSC2)cn1. The first-order valence-corrected chi connectivity index (χ1v) is 5.31. The monoisotopic (exact) mass is 180 g/mol. The minimum atomic E-state index is 0.615. The molecular weight excluding hydrogens is 168 g/mol. The molecule has 1 atom stereocenters. The van der Waals surface area contributed by atoms with Gasteiger partial charge in [0.15, 0.2) is 0 Å². The Morgan fingerprint density at radius 2 is 2.42 bits per heavy atom. The molecule has 3 heteroatoms. The van der Waals surface area contributed by atoms with Crippen molar-refractivity contribution in [2.24, 2.45) is 0 Å². The smallest absolute Gasteiger partial charge is 0.123 e. The molecule has 1 aromatic rings. The highest BCUT2D eigenvalue weighted by molar-refractivity contribution is 7.99. The molecule has 0 aromatic carbocycles. The first-order chi connectivity index (χ1) is 5.86. The summed E-state index contributed by atoms with van der Waals surface area (Å²) in [4.78, 5) is 4.09. The van der Waals surface area contributed by atoms with E-state index in [-0.39, 0.29) is 0 Å². The molecule has 0 amide bonds. The summed E-state index contributed by atoms with van der Waals surface area (Å²) in [6, 6.07) is 3.98. The van der Waals surface area contributed by atoms with Crippen LogP contribution in [0.1, 0.15) is 17.9 Å². The van der Waals surface area contributed by atoms with Gasteiger partial charge < -0.3 is 5.73 Å². The Bertz CT molecular complexity index is 252. The fourth-order valence-corrected chi connectivity index (χ4v) is 2.72. The van der Waals surface area contributed by atoms with Gasteiger partial charge in [-0.3, -0.25) is 0 Å². The summed E-state index contributed by atoms with van der Waals surface area (Å²) in [7, 11) is 0. The Labute approximate surface area is 76.6 Å². The Morgan fingerprint density at radius 3 is 3.00 bits per heavy atom. The quantitative estimate of drug-likeness (QED) is 0.717.